The number of carbonyl (C=O) groups is 4. The molecular formula is C43H24F6N2O6. The second kappa shape index (κ2) is 13.5. The molecule has 0 radical (unpaired) electrons. The molecule has 8 nitrogen and oxygen atoms in total. The highest BCUT2D eigenvalue weighted by Gasteiger charge is 2.72. The van der Waals surface area contributed by atoms with E-state index in [2.05, 4.69) is 0 Å². The van der Waals surface area contributed by atoms with Crippen LogP contribution in [0.4, 0.5) is 37.7 Å². The van der Waals surface area contributed by atoms with Gasteiger partial charge in [0, 0.05) is 0 Å². The number of benzene rings is 6. The first-order valence-corrected chi connectivity index (χ1v) is 17.0. The largest absolute Gasteiger partial charge is 0.457 e. The van der Waals surface area contributed by atoms with Gasteiger partial charge >= 0.3 is 12.4 Å². The number of rotatable bonds is 8. The Balaban J connectivity index is 1.05. The maximum Gasteiger partial charge on any atom is 0.411 e. The van der Waals surface area contributed by atoms with Crippen LogP contribution in [0, 0.1) is 0 Å². The predicted molar refractivity (Wildman–Crippen MR) is 194 cm³/mol. The zero-order valence-corrected chi connectivity index (χ0v) is 29.0. The summed E-state index contributed by atoms with van der Waals surface area (Å²) in [5.74, 6) is -2.66. The second-order valence-electron chi connectivity index (χ2n) is 13.0. The number of alkyl halides is 6. The van der Waals surface area contributed by atoms with Crippen LogP contribution in [-0.4, -0.2) is 36.0 Å². The van der Waals surface area contributed by atoms with E-state index in [9.17, 15) is 45.5 Å². The number of nitrogens with zero attached hydrogens (tertiary/aromatic N) is 2. The molecule has 14 heteroatoms. The summed E-state index contributed by atoms with van der Waals surface area (Å²) in [5.41, 5.74) is -5.90. The number of para-hydroxylation sites is 2. The van der Waals surface area contributed by atoms with Gasteiger partial charge in [0.05, 0.1) is 33.6 Å². The van der Waals surface area contributed by atoms with Gasteiger partial charge < -0.3 is 9.47 Å². The van der Waals surface area contributed by atoms with Crippen molar-refractivity contribution in [3.63, 3.8) is 0 Å². The van der Waals surface area contributed by atoms with Crippen LogP contribution in [0.15, 0.2) is 146 Å². The number of fused-ring (bicyclic) bond motifs is 2. The lowest BCUT2D eigenvalue weighted by Gasteiger charge is -2.38. The van der Waals surface area contributed by atoms with Crippen molar-refractivity contribution in [1.29, 1.82) is 0 Å². The van der Waals surface area contributed by atoms with Crippen LogP contribution in [-0.2, 0) is 5.41 Å². The predicted octanol–water partition coefficient (Wildman–Crippen LogP) is 10.3. The first-order valence-electron chi connectivity index (χ1n) is 17.0. The number of carbonyl (C=O) groups excluding carboxylic acids is 4. The number of imide groups is 2. The highest BCUT2D eigenvalue weighted by molar-refractivity contribution is 6.35. The van der Waals surface area contributed by atoms with Gasteiger partial charge in [0.2, 0.25) is 5.41 Å². The summed E-state index contributed by atoms with van der Waals surface area (Å²) in [6, 6.07) is 30.7. The number of anilines is 2. The Morgan fingerprint density at radius 2 is 0.684 bits per heavy atom. The lowest BCUT2D eigenvalue weighted by Crippen LogP contribution is -2.54. The lowest BCUT2D eigenvalue weighted by atomic mass is 9.73. The third-order valence-electron chi connectivity index (χ3n) is 9.64. The van der Waals surface area contributed by atoms with Gasteiger partial charge in [0.1, 0.15) is 23.0 Å². The van der Waals surface area contributed by atoms with E-state index in [4.69, 9.17) is 9.47 Å². The zero-order chi connectivity index (χ0) is 40.3. The molecule has 0 saturated heterocycles. The highest BCUT2D eigenvalue weighted by Crippen LogP contribution is 2.56. The monoisotopic (exact) mass is 778 g/mol. The molecule has 4 amide bonds. The van der Waals surface area contributed by atoms with E-state index in [0.717, 1.165) is 34.1 Å². The molecule has 0 bridgehead atoms. The smallest absolute Gasteiger partial charge is 0.411 e. The molecule has 2 aliphatic rings. The van der Waals surface area contributed by atoms with Crippen molar-refractivity contribution in [2.45, 2.75) is 17.8 Å². The molecule has 0 fully saturated rings. The van der Waals surface area contributed by atoms with Crippen LogP contribution in [0.5, 0.6) is 23.0 Å². The van der Waals surface area contributed by atoms with Gasteiger partial charge in [-0.2, -0.15) is 26.3 Å². The molecule has 284 valence electrons. The minimum Gasteiger partial charge on any atom is -0.457 e. The van der Waals surface area contributed by atoms with Crippen LogP contribution in [0.25, 0.3) is 0 Å². The fraction of sp³-hybridized carbons (Fsp3) is 0.0698. The third-order valence-corrected chi connectivity index (χ3v) is 9.64. The molecule has 2 heterocycles. The normalized spacial score (nSPS) is 14.2. The quantitative estimate of drug-likeness (QED) is 0.113. The van der Waals surface area contributed by atoms with Crippen molar-refractivity contribution in [1.82, 2.24) is 0 Å². The Bertz CT molecular complexity index is 2390. The van der Waals surface area contributed by atoms with Crippen molar-refractivity contribution in [2.24, 2.45) is 0 Å². The maximum absolute atomic E-state index is 14.9. The highest BCUT2D eigenvalue weighted by atomic mass is 19.4. The van der Waals surface area contributed by atoms with Gasteiger partial charge in [-0.15, -0.1) is 0 Å². The van der Waals surface area contributed by atoms with Gasteiger partial charge in [-0.3, -0.25) is 19.2 Å². The number of ether oxygens (including phenoxy) is 2. The fourth-order valence-electron chi connectivity index (χ4n) is 6.99. The van der Waals surface area contributed by atoms with Gasteiger partial charge in [-0.05, 0) is 96.1 Å². The van der Waals surface area contributed by atoms with Crippen LogP contribution in [0.2, 0.25) is 0 Å². The van der Waals surface area contributed by atoms with E-state index in [1.54, 1.807) is 60.7 Å². The van der Waals surface area contributed by atoms with E-state index in [0.29, 0.717) is 35.6 Å². The van der Waals surface area contributed by atoms with E-state index in [1.165, 1.54) is 36.4 Å². The number of amides is 4. The van der Waals surface area contributed by atoms with Crippen LogP contribution < -0.4 is 19.3 Å². The van der Waals surface area contributed by atoms with Crippen molar-refractivity contribution < 1.29 is 55.0 Å². The van der Waals surface area contributed by atoms with Crippen molar-refractivity contribution >= 4 is 35.0 Å². The van der Waals surface area contributed by atoms with Crippen LogP contribution in [0.1, 0.15) is 52.6 Å². The van der Waals surface area contributed by atoms with Crippen molar-refractivity contribution in [3.8, 4) is 23.0 Å². The Morgan fingerprint density at radius 1 is 0.368 bits per heavy atom. The van der Waals surface area contributed by atoms with Crippen LogP contribution in [0.3, 0.4) is 0 Å². The van der Waals surface area contributed by atoms with E-state index < -0.39 is 52.5 Å². The van der Waals surface area contributed by atoms with Gasteiger partial charge in [-0.25, -0.2) is 9.80 Å². The minimum absolute atomic E-state index is 0.00743. The molecule has 0 atom stereocenters. The van der Waals surface area contributed by atoms with Crippen molar-refractivity contribution in [3.05, 3.63) is 179 Å². The average Bonchev–Trinajstić information content (AvgIpc) is 3.58. The first-order chi connectivity index (χ1) is 27.2. The molecule has 0 unspecified atom stereocenters. The van der Waals surface area contributed by atoms with Gasteiger partial charge in [-0.1, -0.05) is 60.7 Å². The van der Waals surface area contributed by atoms with Gasteiger partial charge in [0.15, 0.2) is 0 Å². The Kier molecular flexibility index (Phi) is 8.71. The standard InChI is InChI=1S/C43H24F6N2O6/c44-42(45,46)41(43(47,48)49,25-11-15-29(16-12-25)56-31-19-21-33-35(23-31)39(54)50(37(33)52)27-7-3-1-4-8-27)26-13-17-30(18-14-26)57-32-20-22-34-36(24-32)40(55)51(38(34)53)28-9-5-2-6-10-28/h1-24H. The number of hydrogen-bond donors (Lipinski definition) is 0. The summed E-state index contributed by atoms with van der Waals surface area (Å²) in [4.78, 5) is 54.1. The summed E-state index contributed by atoms with van der Waals surface area (Å²) in [6.07, 6.45) is -11.8. The summed E-state index contributed by atoms with van der Waals surface area (Å²) in [7, 11) is 0. The molecular weight excluding hydrogens is 754 g/mol. The fourth-order valence-corrected chi connectivity index (χ4v) is 6.99. The second-order valence-corrected chi connectivity index (χ2v) is 13.0. The van der Waals surface area contributed by atoms with Gasteiger partial charge in [0.25, 0.3) is 23.6 Å². The van der Waals surface area contributed by atoms with E-state index in [-0.39, 0.29) is 45.3 Å². The molecule has 6 aromatic rings. The maximum atomic E-state index is 14.9. The van der Waals surface area contributed by atoms with E-state index >= 15 is 0 Å². The zero-order valence-electron chi connectivity index (χ0n) is 29.0. The lowest BCUT2D eigenvalue weighted by molar-refractivity contribution is -0.288. The topological polar surface area (TPSA) is 93.2 Å². The summed E-state index contributed by atoms with van der Waals surface area (Å²) in [5, 5.41) is 0. The molecule has 57 heavy (non-hydrogen) atoms. The average molecular weight is 779 g/mol. The number of halogens is 6. The first kappa shape index (κ1) is 36.7. The SMILES string of the molecule is O=C1c2ccc(Oc3ccc(C(c4ccc(Oc5ccc6c(c5)C(=O)N(c5ccccc5)C6=O)cc4)(C(F)(F)F)C(F)(F)F)cc3)cc2C(=O)N1c1ccccc1. The Labute approximate surface area is 319 Å². The molecule has 8 rings (SSSR count). The molecule has 0 aliphatic carbocycles. The molecule has 0 N–H and O–H groups in total. The van der Waals surface area contributed by atoms with Crippen molar-refractivity contribution in [2.75, 3.05) is 9.80 Å². The minimum atomic E-state index is -5.88. The van der Waals surface area contributed by atoms with E-state index in [1.807, 2.05) is 0 Å². The molecule has 6 aromatic carbocycles. The summed E-state index contributed by atoms with van der Waals surface area (Å²) < 4.78 is 101. The summed E-state index contributed by atoms with van der Waals surface area (Å²) >= 11 is 0. The van der Waals surface area contributed by atoms with Crippen LogP contribution >= 0.6 is 0 Å². The Morgan fingerprint density at radius 3 is 1.02 bits per heavy atom. The molecule has 0 spiro atoms. The molecule has 0 saturated carbocycles. The third kappa shape index (κ3) is 6.05. The Hall–Kier alpha value is -7.22. The molecule has 2 aliphatic heterocycles. The molecule has 0 aromatic heterocycles. The number of hydrogen-bond acceptors (Lipinski definition) is 6. The summed E-state index contributed by atoms with van der Waals surface area (Å²) in [6.45, 7) is 0.